The van der Waals surface area contributed by atoms with Gasteiger partial charge in [-0.1, -0.05) is 34.8 Å². The Balaban J connectivity index is 1.57. The van der Waals surface area contributed by atoms with Crippen LogP contribution in [0.15, 0.2) is 42.9 Å². The number of hydrogen-bond acceptors (Lipinski definition) is 6. The molecule has 1 aliphatic heterocycles. The number of hydrogen-bond donors (Lipinski definition) is 0. The number of nitrogens with zero attached hydrogens (tertiary/aromatic N) is 5. The van der Waals surface area contributed by atoms with Gasteiger partial charge in [0.25, 0.3) is 0 Å². The van der Waals surface area contributed by atoms with Crippen LogP contribution in [-0.2, 0) is 4.74 Å². The fourth-order valence-electron chi connectivity index (χ4n) is 3.96. The molecule has 0 bridgehead atoms. The molecular weight excluding hydrogens is 485 g/mol. The number of aromatic nitrogens is 5. The Hall–Kier alpha value is -2.45. The second-order valence-electron chi connectivity index (χ2n) is 7.78. The van der Waals surface area contributed by atoms with Crippen LogP contribution in [0.2, 0.25) is 15.2 Å². The molecule has 10 heteroatoms. The minimum absolute atomic E-state index is 0.141. The highest BCUT2D eigenvalue weighted by atomic mass is 35.5. The molecule has 1 saturated heterocycles. The first kappa shape index (κ1) is 22.3. The minimum atomic E-state index is -0.435. The van der Waals surface area contributed by atoms with Gasteiger partial charge in [0.15, 0.2) is 6.23 Å². The van der Waals surface area contributed by atoms with Crippen molar-refractivity contribution in [1.82, 2.24) is 24.7 Å². The van der Waals surface area contributed by atoms with Gasteiger partial charge in [-0.15, -0.1) is 0 Å². The van der Waals surface area contributed by atoms with Gasteiger partial charge in [-0.2, -0.15) is 5.10 Å². The van der Waals surface area contributed by atoms with Gasteiger partial charge in [0.2, 0.25) is 5.88 Å². The number of ether oxygens (including phenoxy) is 2. The van der Waals surface area contributed by atoms with Gasteiger partial charge in [-0.05, 0) is 44.4 Å². The third kappa shape index (κ3) is 4.51. The van der Waals surface area contributed by atoms with E-state index < -0.39 is 6.10 Å². The molecule has 0 amide bonds. The van der Waals surface area contributed by atoms with Crippen molar-refractivity contribution in [3.8, 4) is 17.1 Å². The summed E-state index contributed by atoms with van der Waals surface area (Å²) in [6, 6.07) is 7.36. The van der Waals surface area contributed by atoms with E-state index in [2.05, 4.69) is 9.97 Å². The first-order chi connectivity index (χ1) is 16.0. The van der Waals surface area contributed by atoms with Gasteiger partial charge in [0, 0.05) is 42.4 Å². The fraction of sp³-hybridized carbons (Fsp3) is 0.304. The molecule has 0 aromatic carbocycles. The Bertz CT molecular complexity index is 1270. The van der Waals surface area contributed by atoms with Crippen LogP contribution in [0.1, 0.15) is 44.1 Å². The van der Waals surface area contributed by atoms with Crippen LogP contribution < -0.4 is 4.74 Å². The van der Waals surface area contributed by atoms with Gasteiger partial charge in [-0.25, -0.2) is 14.6 Å². The van der Waals surface area contributed by atoms with Crippen molar-refractivity contribution >= 4 is 45.8 Å². The normalized spacial score (nSPS) is 17.3. The lowest BCUT2D eigenvalue weighted by atomic mass is 10.1. The Morgan fingerprint density at radius 1 is 1.06 bits per heavy atom. The minimum Gasteiger partial charge on any atom is -0.470 e. The SMILES string of the molecule is C[C@@H](Oc1ccc2c(n1)c(-c1ccc(Cl)nc1)nn2C1CCCCO1)c1c(Cl)cncc1Cl. The summed E-state index contributed by atoms with van der Waals surface area (Å²) in [6.45, 7) is 2.58. The maximum absolute atomic E-state index is 6.30. The first-order valence-electron chi connectivity index (χ1n) is 10.6. The zero-order valence-electron chi connectivity index (χ0n) is 17.7. The van der Waals surface area contributed by atoms with E-state index in [4.69, 9.17) is 54.4 Å². The lowest BCUT2D eigenvalue weighted by molar-refractivity contribution is -0.0365. The largest absolute Gasteiger partial charge is 0.470 e. The Labute approximate surface area is 205 Å². The van der Waals surface area contributed by atoms with Crippen LogP contribution in [0.25, 0.3) is 22.3 Å². The van der Waals surface area contributed by atoms with Crippen LogP contribution in [0.4, 0.5) is 0 Å². The monoisotopic (exact) mass is 503 g/mol. The van der Waals surface area contributed by atoms with E-state index in [1.165, 1.54) is 0 Å². The average molecular weight is 505 g/mol. The highest BCUT2D eigenvalue weighted by Crippen LogP contribution is 2.35. The zero-order valence-corrected chi connectivity index (χ0v) is 20.0. The van der Waals surface area contributed by atoms with E-state index in [0.717, 1.165) is 30.3 Å². The third-order valence-corrected chi connectivity index (χ3v) is 6.38. The molecule has 1 fully saturated rings. The molecule has 170 valence electrons. The molecule has 4 aromatic heterocycles. The van der Waals surface area contributed by atoms with E-state index in [1.54, 1.807) is 24.7 Å². The summed E-state index contributed by atoms with van der Waals surface area (Å²) >= 11 is 18.6. The van der Waals surface area contributed by atoms with Gasteiger partial charge < -0.3 is 9.47 Å². The predicted octanol–water partition coefficient (Wildman–Crippen LogP) is 6.69. The maximum atomic E-state index is 6.30. The summed E-state index contributed by atoms with van der Waals surface area (Å²) < 4.78 is 14.0. The summed E-state index contributed by atoms with van der Waals surface area (Å²) in [5, 5.41) is 6.14. The smallest absolute Gasteiger partial charge is 0.214 e. The molecule has 0 spiro atoms. The molecule has 33 heavy (non-hydrogen) atoms. The fourth-order valence-corrected chi connectivity index (χ4v) is 4.75. The summed E-state index contributed by atoms with van der Waals surface area (Å²) in [4.78, 5) is 13.0. The number of fused-ring (bicyclic) bond motifs is 1. The van der Waals surface area contributed by atoms with E-state index in [1.807, 2.05) is 29.8 Å². The molecule has 5 rings (SSSR count). The Kier molecular flexibility index (Phi) is 6.38. The Morgan fingerprint density at radius 3 is 2.58 bits per heavy atom. The number of rotatable bonds is 5. The van der Waals surface area contributed by atoms with Crippen molar-refractivity contribution in [2.45, 2.75) is 38.5 Å². The second kappa shape index (κ2) is 9.43. The Morgan fingerprint density at radius 2 is 1.88 bits per heavy atom. The number of halogens is 3. The third-order valence-electron chi connectivity index (χ3n) is 5.55. The van der Waals surface area contributed by atoms with Gasteiger partial charge in [0.05, 0.1) is 15.6 Å². The van der Waals surface area contributed by atoms with E-state index >= 15 is 0 Å². The predicted molar refractivity (Wildman–Crippen MR) is 128 cm³/mol. The van der Waals surface area contributed by atoms with Gasteiger partial charge in [0.1, 0.15) is 22.5 Å². The second-order valence-corrected chi connectivity index (χ2v) is 8.98. The molecule has 0 aliphatic carbocycles. The van der Waals surface area contributed by atoms with Crippen LogP contribution >= 0.6 is 34.8 Å². The van der Waals surface area contributed by atoms with Gasteiger partial charge >= 0.3 is 0 Å². The summed E-state index contributed by atoms with van der Waals surface area (Å²) in [5.74, 6) is 0.422. The van der Waals surface area contributed by atoms with Crippen LogP contribution in [0.3, 0.4) is 0 Å². The molecule has 0 N–H and O–H groups in total. The van der Waals surface area contributed by atoms with Crippen molar-refractivity contribution < 1.29 is 9.47 Å². The summed E-state index contributed by atoms with van der Waals surface area (Å²) in [6.07, 6.45) is 7.22. The molecule has 2 atom stereocenters. The highest BCUT2D eigenvalue weighted by Gasteiger charge is 2.24. The molecule has 5 heterocycles. The van der Waals surface area contributed by atoms with Crippen LogP contribution in [0.5, 0.6) is 5.88 Å². The van der Waals surface area contributed by atoms with Crippen LogP contribution in [-0.4, -0.2) is 31.3 Å². The molecule has 7 nitrogen and oxygen atoms in total. The van der Waals surface area contributed by atoms with E-state index in [0.29, 0.717) is 44.5 Å². The van der Waals surface area contributed by atoms with Gasteiger partial charge in [-0.3, -0.25) is 4.98 Å². The average Bonchev–Trinajstić information content (AvgIpc) is 3.19. The van der Waals surface area contributed by atoms with Crippen molar-refractivity contribution in [1.29, 1.82) is 0 Å². The summed E-state index contributed by atoms with van der Waals surface area (Å²) in [5.41, 5.74) is 3.68. The van der Waals surface area contributed by atoms with E-state index in [9.17, 15) is 0 Å². The van der Waals surface area contributed by atoms with Crippen molar-refractivity contribution in [2.75, 3.05) is 6.61 Å². The number of pyridine rings is 3. The first-order valence-corrected chi connectivity index (χ1v) is 11.7. The maximum Gasteiger partial charge on any atom is 0.214 e. The van der Waals surface area contributed by atoms with Crippen molar-refractivity contribution in [3.63, 3.8) is 0 Å². The topological polar surface area (TPSA) is 75.0 Å². The standard InChI is InChI=1S/C23H20Cl3N5O2/c1-13(21-15(24)11-27-12-16(21)25)33-19-8-6-17-23(29-19)22(14-5-7-18(26)28-10-14)30-31(17)20-4-2-3-9-32-20/h5-8,10-13,20H,2-4,9H2,1H3/t13-,20?/m1/s1. The lowest BCUT2D eigenvalue weighted by Crippen LogP contribution is -2.19. The molecule has 1 aliphatic rings. The molecule has 1 unspecified atom stereocenters. The molecule has 4 aromatic rings. The van der Waals surface area contributed by atoms with Crippen LogP contribution in [0, 0.1) is 0 Å². The molecular formula is C23H20Cl3N5O2. The molecule has 0 radical (unpaired) electrons. The molecule has 0 saturated carbocycles. The van der Waals surface area contributed by atoms with Crippen molar-refractivity contribution in [3.05, 3.63) is 63.6 Å². The quantitative estimate of drug-likeness (QED) is 0.282. The lowest BCUT2D eigenvalue weighted by Gasteiger charge is -2.23. The highest BCUT2D eigenvalue weighted by molar-refractivity contribution is 6.35. The summed E-state index contributed by atoms with van der Waals surface area (Å²) in [7, 11) is 0. The van der Waals surface area contributed by atoms with Crippen molar-refractivity contribution in [2.24, 2.45) is 0 Å². The zero-order chi connectivity index (χ0) is 22.9. The van der Waals surface area contributed by atoms with E-state index in [-0.39, 0.29) is 6.23 Å².